The molecule has 0 bridgehead atoms. The van der Waals surface area contributed by atoms with Crippen molar-refractivity contribution in [2.45, 2.75) is 4.90 Å². The molecular formula is C14H13Br2N3O3S. The third kappa shape index (κ3) is 4.31. The second-order valence-corrected chi connectivity index (χ2v) is 8.20. The van der Waals surface area contributed by atoms with Gasteiger partial charge in [-0.3, -0.25) is 14.5 Å². The van der Waals surface area contributed by atoms with E-state index >= 15 is 0 Å². The zero-order valence-corrected chi connectivity index (χ0v) is 15.7. The minimum absolute atomic E-state index is 0.0773. The highest BCUT2D eigenvalue weighted by atomic mass is 79.9. The lowest BCUT2D eigenvalue weighted by molar-refractivity contribution is -0.119. The zero-order valence-electron chi connectivity index (χ0n) is 11.7. The van der Waals surface area contributed by atoms with Gasteiger partial charge in [0.25, 0.3) is 15.9 Å². The molecule has 0 aliphatic heterocycles. The standard InChI is InChI=1S/C14H13Br2N3O3S/c15-10-1-5-12(6-2-10)19(9-14(20)18-17)23(21,22)13-7-3-11(16)4-8-13/h1-8H,9,17H2,(H,18,20). The first-order valence-corrected chi connectivity index (χ1v) is 9.40. The normalized spacial score (nSPS) is 11.1. The third-order valence-electron chi connectivity index (χ3n) is 2.96. The monoisotopic (exact) mass is 461 g/mol. The van der Waals surface area contributed by atoms with E-state index in [0.29, 0.717) is 5.69 Å². The molecule has 0 aromatic heterocycles. The summed E-state index contributed by atoms with van der Waals surface area (Å²) in [7, 11) is -3.91. The van der Waals surface area contributed by atoms with Gasteiger partial charge in [0.1, 0.15) is 6.54 Å². The number of anilines is 1. The fraction of sp³-hybridized carbons (Fsp3) is 0.0714. The molecule has 2 aromatic rings. The van der Waals surface area contributed by atoms with E-state index in [0.717, 1.165) is 13.3 Å². The van der Waals surface area contributed by atoms with Crippen molar-refractivity contribution in [2.75, 3.05) is 10.8 Å². The van der Waals surface area contributed by atoms with Crippen LogP contribution in [-0.4, -0.2) is 20.9 Å². The van der Waals surface area contributed by atoms with Crippen LogP contribution in [0, 0.1) is 0 Å². The molecule has 3 N–H and O–H groups in total. The van der Waals surface area contributed by atoms with E-state index < -0.39 is 22.5 Å². The molecule has 6 nitrogen and oxygen atoms in total. The molecule has 23 heavy (non-hydrogen) atoms. The predicted octanol–water partition coefficient (Wildman–Crippen LogP) is 2.40. The van der Waals surface area contributed by atoms with Gasteiger partial charge < -0.3 is 0 Å². The molecule has 0 heterocycles. The number of halogens is 2. The largest absolute Gasteiger partial charge is 0.293 e. The molecule has 1 amide bonds. The summed E-state index contributed by atoms with van der Waals surface area (Å²) in [4.78, 5) is 11.7. The number of nitrogens with one attached hydrogen (secondary N) is 1. The van der Waals surface area contributed by atoms with Crippen molar-refractivity contribution < 1.29 is 13.2 Å². The Balaban J connectivity index is 2.49. The first-order valence-electron chi connectivity index (χ1n) is 6.38. The maximum Gasteiger partial charge on any atom is 0.264 e. The Morgan fingerprint density at radius 3 is 1.96 bits per heavy atom. The summed E-state index contributed by atoms with van der Waals surface area (Å²) in [5.74, 6) is 4.47. The van der Waals surface area contributed by atoms with Gasteiger partial charge in [-0.1, -0.05) is 31.9 Å². The van der Waals surface area contributed by atoms with Gasteiger partial charge in [0.05, 0.1) is 10.6 Å². The summed E-state index contributed by atoms with van der Waals surface area (Å²) >= 11 is 6.55. The quantitative estimate of drug-likeness (QED) is 0.405. The number of carbonyl (C=O) groups excluding carboxylic acids is 1. The van der Waals surface area contributed by atoms with E-state index in [1.807, 2.05) is 5.43 Å². The molecule has 0 radical (unpaired) electrons. The smallest absolute Gasteiger partial charge is 0.264 e. The average Bonchev–Trinajstić information content (AvgIpc) is 2.53. The second kappa shape index (κ2) is 7.43. The third-order valence-corrected chi connectivity index (χ3v) is 5.81. The van der Waals surface area contributed by atoms with E-state index in [9.17, 15) is 13.2 Å². The molecule has 2 aromatic carbocycles. The van der Waals surface area contributed by atoms with Gasteiger partial charge in [-0.05, 0) is 48.5 Å². The molecule has 2 rings (SSSR count). The SMILES string of the molecule is NNC(=O)CN(c1ccc(Br)cc1)S(=O)(=O)c1ccc(Br)cc1. The number of benzene rings is 2. The van der Waals surface area contributed by atoms with Gasteiger partial charge in [-0.15, -0.1) is 0 Å². The Labute approximate surface area is 150 Å². The number of hydrazine groups is 1. The van der Waals surface area contributed by atoms with Crippen molar-refractivity contribution in [3.63, 3.8) is 0 Å². The molecule has 9 heteroatoms. The van der Waals surface area contributed by atoms with Gasteiger partial charge in [0, 0.05) is 8.95 Å². The summed E-state index contributed by atoms with van der Waals surface area (Å²) in [5.41, 5.74) is 2.31. The summed E-state index contributed by atoms with van der Waals surface area (Å²) in [6, 6.07) is 12.8. The van der Waals surface area contributed by atoms with Crippen molar-refractivity contribution in [3.05, 3.63) is 57.5 Å². The fourth-order valence-electron chi connectivity index (χ4n) is 1.83. The molecular weight excluding hydrogens is 450 g/mol. The molecule has 0 spiro atoms. The van der Waals surface area contributed by atoms with Crippen LogP contribution in [0.2, 0.25) is 0 Å². The maximum absolute atomic E-state index is 12.9. The summed E-state index contributed by atoms with van der Waals surface area (Å²) in [5, 5.41) is 0. The topological polar surface area (TPSA) is 92.5 Å². The lowest BCUT2D eigenvalue weighted by atomic mass is 10.3. The Kier molecular flexibility index (Phi) is 5.79. The van der Waals surface area contributed by atoms with Crippen LogP contribution in [0.5, 0.6) is 0 Å². The molecule has 0 saturated carbocycles. The molecule has 0 aliphatic rings. The van der Waals surface area contributed by atoms with Crippen LogP contribution in [0.25, 0.3) is 0 Å². The van der Waals surface area contributed by atoms with Crippen LogP contribution in [0.4, 0.5) is 5.69 Å². The highest BCUT2D eigenvalue weighted by molar-refractivity contribution is 9.10. The van der Waals surface area contributed by atoms with E-state index in [1.54, 1.807) is 36.4 Å². The lowest BCUT2D eigenvalue weighted by Gasteiger charge is -2.23. The van der Waals surface area contributed by atoms with Gasteiger partial charge in [-0.2, -0.15) is 0 Å². The van der Waals surface area contributed by atoms with E-state index in [1.165, 1.54) is 12.1 Å². The van der Waals surface area contributed by atoms with E-state index in [2.05, 4.69) is 31.9 Å². The molecule has 0 unspecified atom stereocenters. The van der Waals surface area contributed by atoms with Crippen LogP contribution in [0.3, 0.4) is 0 Å². The molecule has 0 fully saturated rings. The first-order chi connectivity index (χ1) is 10.8. The van der Waals surface area contributed by atoms with Crippen molar-refractivity contribution in [3.8, 4) is 0 Å². The van der Waals surface area contributed by atoms with Gasteiger partial charge in [-0.25, -0.2) is 14.3 Å². The Bertz CT molecular complexity index is 793. The Morgan fingerprint density at radius 2 is 1.48 bits per heavy atom. The van der Waals surface area contributed by atoms with Crippen LogP contribution in [0.1, 0.15) is 0 Å². The Morgan fingerprint density at radius 1 is 1.00 bits per heavy atom. The minimum atomic E-state index is -3.91. The summed E-state index contributed by atoms with van der Waals surface area (Å²) in [6.07, 6.45) is 0. The van der Waals surface area contributed by atoms with Crippen molar-refractivity contribution >= 4 is 53.5 Å². The van der Waals surface area contributed by atoms with Crippen molar-refractivity contribution in [1.29, 1.82) is 0 Å². The fourth-order valence-corrected chi connectivity index (χ4v) is 3.78. The molecule has 0 atom stereocenters. The van der Waals surface area contributed by atoms with Gasteiger partial charge in [0.15, 0.2) is 0 Å². The number of amides is 1. The number of hydrogen-bond acceptors (Lipinski definition) is 4. The highest BCUT2D eigenvalue weighted by Gasteiger charge is 2.26. The summed E-state index contributed by atoms with van der Waals surface area (Å²) in [6.45, 7) is -0.420. The van der Waals surface area contributed by atoms with Crippen LogP contribution < -0.4 is 15.6 Å². The minimum Gasteiger partial charge on any atom is -0.293 e. The number of sulfonamides is 1. The molecule has 0 saturated heterocycles. The second-order valence-electron chi connectivity index (χ2n) is 4.51. The van der Waals surface area contributed by atoms with Crippen molar-refractivity contribution in [1.82, 2.24) is 5.43 Å². The number of rotatable bonds is 5. The van der Waals surface area contributed by atoms with Crippen LogP contribution in [-0.2, 0) is 14.8 Å². The average molecular weight is 463 g/mol. The van der Waals surface area contributed by atoms with E-state index in [-0.39, 0.29) is 4.90 Å². The van der Waals surface area contributed by atoms with E-state index in [4.69, 9.17) is 5.84 Å². The Hall–Kier alpha value is -1.42. The number of nitrogens with two attached hydrogens (primary N) is 1. The number of hydrogen-bond donors (Lipinski definition) is 2. The van der Waals surface area contributed by atoms with Gasteiger partial charge >= 0.3 is 0 Å². The van der Waals surface area contributed by atoms with Crippen LogP contribution >= 0.6 is 31.9 Å². The number of nitrogens with zero attached hydrogens (tertiary/aromatic N) is 1. The molecule has 122 valence electrons. The summed E-state index contributed by atoms with van der Waals surface area (Å²) < 4.78 is 28.3. The maximum atomic E-state index is 12.9. The highest BCUT2D eigenvalue weighted by Crippen LogP contribution is 2.26. The number of carbonyl (C=O) groups is 1. The van der Waals surface area contributed by atoms with Crippen molar-refractivity contribution in [2.24, 2.45) is 5.84 Å². The first kappa shape index (κ1) is 17.9. The predicted molar refractivity (Wildman–Crippen MR) is 95.1 cm³/mol. The van der Waals surface area contributed by atoms with Gasteiger partial charge in [0.2, 0.25) is 0 Å². The molecule has 0 aliphatic carbocycles. The zero-order chi connectivity index (χ0) is 17.0. The van der Waals surface area contributed by atoms with Crippen LogP contribution in [0.15, 0.2) is 62.4 Å². The lowest BCUT2D eigenvalue weighted by Crippen LogP contribution is -2.43.